The van der Waals surface area contributed by atoms with Crippen molar-refractivity contribution in [3.63, 3.8) is 0 Å². The Bertz CT molecular complexity index is 714. The summed E-state index contributed by atoms with van der Waals surface area (Å²) < 4.78 is 0. The number of aryl methyl sites for hydroxylation is 2. The maximum atomic E-state index is 11.5. The number of hydrogen-bond donors (Lipinski definition) is 2. The molecule has 1 aliphatic heterocycles. The van der Waals surface area contributed by atoms with Crippen molar-refractivity contribution in [1.82, 2.24) is 20.2 Å². The molecule has 3 heterocycles. The highest BCUT2D eigenvalue weighted by atomic mass is 32.1. The van der Waals surface area contributed by atoms with Gasteiger partial charge in [0.1, 0.15) is 0 Å². The Kier molecular flexibility index (Phi) is 3.42. The number of hydrogen-bond acceptors (Lipinski definition) is 5. The molecular formula is C15H17N5OS. The minimum Gasteiger partial charge on any atom is -0.352 e. The predicted molar refractivity (Wildman–Crippen MR) is 86.2 cm³/mol. The van der Waals surface area contributed by atoms with Gasteiger partial charge in [0.15, 0.2) is 0 Å². The Labute approximate surface area is 132 Å². The molecule has 0 atom stereocenters. The summed E-state index contributed by atoms with van der Waals surface area (Å²) >= 11 is 1.74. The van der Waals surface area contributed by atoms with Gasteiger partial charge >= 0.3 is 6.03 Å². The normalized spacial score (nSPS) is 16.2. The van der Waals surface area contributed by atoms with E-state index in [0.717, 1.165) is 31.6 Å². The highest BCUT2D eigenvalue weighted by molar-refractivity contribution is 7.13. The first-order valence-electron chi connectivity index (χ1n) is 7.50. The fraction of sp³-hybridized carbons (Fsp3) is 0.400. The first kappa shape index (κ1) is 13.5. The van der Waals surface area contributed by atoms with E-state index in [9.17, 15) is 4.79 Å². The van der Waals surface area contributed by atoms with Gasteiger partial charge in [0.25, 0.3) is 0 Å². The summed E-state index contributed by atoms with van der Waals surface area (Å²) in [6, 6.07) is 2.20. The molecule has 0 unspecified atom stereocenters. The van der Waals surface area contributed by atoms with E-state index >= 15 is 0 Å². The summed E-state index contributed by atoms with van der Waals surface area (Å²) in [5, 5.41) is 8.15. The van der Waals surface area contributed by atoms with Gasteiger partial charge in [-0.05, 0) is 35.4 Å². The number of urea groups is 1. The van der Waals surface area contributed by atoms with Crippen LogP contribution >= 0.6 is 11.3 Å². The summed E-state index contributed by atoms with van der Waals surface area (Å²) in [7, 11) is 0. The van der Waals surface area contributed by atoms with Crippen LogP contribution in [0, 0.1) is 0 Å². The van der Waals surface area contributed by atoms with Crippen molar-refractivity contribution in [2.24, 2.45) is 0 Å². The third kappa shape index (κ3) is 2.41. The molecule has 1 fully saturated rings. The second kappa shape index (κ2) is 5.57. The molecule has 2 aromatic heterocycles. The van der Waals surface area contributed by atoms with E-state index in [1.807, 2.05) is 6.20 Å². The number of rotatable bonds is 4. The molecule has 1 aliphatic carbocycles. The van der Waals surface area contributed by atoms with Gasteiger partial charge in [-0.2, -0.15) is 0 Å². The topological polar surface area (TPSA) is 70.2 Å². The van der Waals surface area contributed by atoms with Crippen LogP contribution in [0.5, 0.6) is 0 Å². The highest BCUT2D eigenvalue weighted by Gasteiger charge is 2.20. The van der Waals surface area contributed by atoms with Gasteiger partial charge in [0.05, 0.1) is 10.6 Å². The van der Waals surface area contributed by atoms with Crippen molar-refractivity contribution in [2.45, 2.75) is 12.8 Å². The lowest BCUT2D eigenvalue weighted by molar-refractivity contribution is 0.219. The Morgan fingerprint density at radius 1 is 1.36 bits per heavy atom. The molecule has 2 aliphatic rings. The molecule has 0 radical (unpaired) electrons. The SMILES string of the molecule is O=C1NCCN1CCNc1ncc2c(n1)-c1sccc1CC2. The molecule has 2 N–H and O–H groups in total. The van der Waals surface area contributed by atoms with E-state index in [1.165, 1.54) is 16.0 Å². The molecule has 0 aromatic carbocycles. The van der Waals surface area contributed by atoms with Gasteiger partial charge in [-0.1, -0.05) is 0 Å². The number of anilines is 1. The predicted octanol–water partition coefficient (Wildman–Crippen LogP) is 1.74. The first-order chi connectivity index (χ1) is 10.8. The maximum absolute atomic E-state index is 11.5. The molecule has 0 saturated carbocycles. The van der Waals surface area contributed by atoms with E-state index in [1.54, 1.807) is 16.2 Å². The molecule has 0 spiro atoms. The fourth-order valence-electron chi connectivity index (χ4n) is 2.91. The van der Waals surface area contributed by atoms with Crippen molar-refractivity contribution in [1.29, 1.82) is 0 Å². The summed E-state index contributed by atoms with van der Waals surface area (Å²) in [6.45, 7) is 2.82. The largest absolute Gasteiger partial charge is 0.352 e. The fourth-order valence-corrected chi connectivity index (χ4v) is 3.89. The average molecular weight is 315 g/mol. The Morgan fingerprint density at radius 2 is 2.27 bits per heavy atom. The summed E-state index contributed by atoms with van der Waals surface area (Å²) in [4.78, 5) is 23.6. The van der Waals surface area contributed by atoms with Gasteiger partial charge < -0.3 is 15.5 Å². The molecule has 2 aromatic rings. The molecule has 6 nitrogen and oxygen atoms in total. The lowest BCUT2D eigenvalue weighted by Gasteiger charge is -2.17. The van der Waals surface area contributed by atoms with Crippen LogP contribution in [0.1, 0.15) is 11.1 Å². The molecule has 114 valence electrons. The van der Waals surface area contributed by atoms with E-state index in [-0.39, 0.29) is 6.03 Å². The maximum Gasteiger partial charge on any atom is 0.317 e. The van der Waals surface area contributed by atoms with Crippen LogP contribution in [0.3, 0.4) is 0 Å². The molecule has 2 amide bonds. The quantitative estimate of drug-likeness (QED) is 0.902. The molecular weight excluding hydrogens is 298 g/mol. The van der Waals surface area contributed by atoms with Crippen molar-refractivity contribution in [2.75, 3.05) is 31.5 Å². The van der Waals surface area contributed by atoms with E-state index in [2.05, 4.69) is 32.0 Å². The number of carbonyl (C=O) groups is 1. The number of carbonyl (C=O) groups excluding carboxylic acids is 1. The van der Waals surface area contributed by atoms with Crippen molar-refractivity contribution in [3.8, 4) is 10.6 Å². The van der Waals surface area contributed by atoms with E-state index < -0.39 is 0 Å². The van der Waals surface area contributed by atoms with Gasteiger partial charge in [-0.3, -0.25) is 0 Å². The molecule has 22 heavy (non-hydrogen) atoms. The zero-order chi connectivity index (χ0) is 14.9. The molecule has 7 heteroatoms. The third-order valence-corrected chi connectivity index (χ3v) is 5.06. The second-order valence-electron chi connectivity index (χ2n) is 5.49. The number of aromatic nitrogens is 2. The lowest BCUT2D eigenvalue weighted by atomic mass is 9.97. The van der Waals surface area contributed by atoms with Crippen LogP contribution in [-0.4, -0.2) is 47.1 Å². The minimum atomic E-state index is 0.0105. The molecule has 1 saturated heterocycles. The van der Waals surface area contributed by atoms with Crippen molar-refractivity contribution >= 4 is 23.3 Å². The summed E-state index contributed by atoms with van der Waals surface area (Å²) in [5.74, 6) is 0.639. The zero-order valence-electron chi connectivity index (χ0n) is 12.1. The molecule has 0 bridgehead atoms. The highest BCUT2D eigenvalue weighted by Crippen LogP contribution is 2.36. The van der Waals surface area contributed by atoms with Crippen molar-refractivity contribution in [3.05, 3.63) is 28.8 Å². The lowest BCUT2D eigenvalue weighted by Crippen LogP contribution is -2.32. The van der Waals surface area contributed by atoms with E-state index in [4.69, 9.17) is 0 Å². The van der Waals surface area contributed by atoms with Crippen LogP contribution in [0.15, 0.2) is 17.6 Å². The van der Waals surface area contributed by atoms with Crippen LogP contribution in [-0.2, 0) is 12.8 Å². The van der Waals surface area contributed by atoms with Gasteiger partial charge in [0, 0.05) is 32.4 Å². The third-order valence-electron chi connectivity index (χ3n) is 4.10. The second-order valence-corrected chi connectivity index (χ2v) is 6.40. The van der Waals surface area contributed by atoms with Crippen molar-refractivity contribution < 1.29 is 4.79 Å². The number of nitrogens with zero attached hydrogens (tertiary/aromatic N) is 3. The number of thiophene rings is 1. The van der Waals surface area contributed by atoms with Crippen LogP contribution in [0.25, 0.3) is 10.6 Å². The Morgan fingerprint density at radius 3 is 3.14 bits per heavy atom. The number of amides is 2. The smallest absolute Gasteiger partial charge is 0.317 e. The first-order valence-corrected chi connectivity index (χ1v) is 8.38. The number of fused-ring (bicyclic) bond motifs is 3. The molecule has 4 rings (SSSR count). The minimum absolute atomic E-state index is 0.0105. The Hall–Kier alpha value is -2.15. The Balaban J connectivity index is 1.46. The summed E-state index contributed by atoms with van der Waals surface area (Å²) in [5.41, 5.74) is 3.67. The van der Waals surface area contributed by atoms with Crippen LogP contribution < -0.4 is 10.6 Å². The van der Waals surface area contributed by atoms with Crippen LogP contribution in [0.2, 0.25) is 0 Å². The zero-order valence-corrected chi connectivity index (χ0v) is 12.9. The van der Waals surface area contributed by atoms with Gasteiger partial charge in [0.2, 0.25) is 5.95 Å². The summed E-state index contributed by atoms with van der Waals surface area (Å²) in [6.07, 6.45) is 4.01. The van der Waals surface area contributed by atoms with E-state index in [0.29, 0.717) is 19.0 Å². The van der Waals surface area contributed by atoms with Gasteiger partial charge in [-0.25, -0.2) is 14.8 Å². The monoisotopic (exact) mass is 315 g/mol. The average Bonchev–Trinajstić information content (AvgIpc) is 3.16. The van der Waals surface area contributed by atoms with Crippen LogP contribution in [0.4, 0.5) is 10.7 Å². The number of nitrogens with one attached hydrogen (secondary N) is 2. The van der Waals surface area contributed by atoms with Gasteiger partial charge in [-0.15, -0.1) is 11.3 Å². The standard InChI is InChI=1S/C15H17N5OS/c21-15-17-5-7-20(15)6-4-16-14-18-9-11-2-1-10-3-8-22-13(10)12(11)19-14/h3,8-9H,1-2,4-7H2,(H,17,21)(H,16,18,19).